The highest BCUT2D eigenvalue weighted by Gasteiger charge is 2.52. The fraction of sp³-hybridized carbons (Fsp3) is 0.242. The molecule has 0 amide bonds. The van der Waals surface area contributed by atoms with Gasteiger partial charge in [-0.25, -0.2) is 22.0 Å². The van der Waals surface area contributed by atoms with Gasteiger partial charge in [-0.1, -0.05) is 47.3 Å². The molecule has 0 aromatic rings. The third-order valence-corrected chi connectivity index (χ3v) is 10.0. The van der Waals surface area contributed by atoms with Crippen LogP contribution in [0.5, 0.6) is 0 Å². The maximum Gasteiger partial charge on any atom is 0.160 e. The van der Waals surface area contributed by atoms with Crippen molar-refractivity contribution in [2.75, 3.05) is 0 Å². The fourth-order valence-corrected chi connectivity index (χ4v) is 7.20. The van der Waals surface area contributed by atoms with E-state index in [1.54, 1.807) is 19.1 Å². The average molecular weight is 695 g/mol. The zero-order chi connectivity index (χ0) is 34.8. The van der Waals surface area contributed by atoms with Crippen molar-refractivity contribution in [3.63, 3.8) is 0 Å². The summed E-state index contributed by atoms with van der Waals surface area (Å²) in [6.45, 7) is 11.8. The molecule has 0 aromatic carbocycles. The van der Waals surface area contributed by atoms with Gasteiger partial charge in [-0.15, -0.1) is 6.58 Å². The van der Waals surface area contributed by atoms with Crippen LogP contribution < -0.4 is 5.32 Å². The summed E-state index contributed by atoms with van der Waals surface area (Å²) >= 11 is 0. The summed E-state index contributed by atoms with van der Waals surface area (Å²) in [6.07, 6.45) is 1.43. The third kappa shape index (κ3) is 5.34. The lowest BCUT2D eigenvalue weighted by Gasteiger charge is -2.26. The largest absolute Gasteiger partial charge is 0.374 e. The Hall–Kier alpha value is -4.05. The first-order valence-electron chi connectivity index (χ1n) is 14.1. The van der Waals surface area contributed by atoms with Gasteiger partial charge in [0.2, 0.25) is 0 Å². The van der Waals surface area contributed by atoms with Crippen LogP contribution in [0.15, 0.2) is 125 Å². The molecule has 0 bridgehead atoms. The van der Waals surface area contributed by atoms with Gasteiger partial charge in [0, 0.05) is 45.2 Å². The number of nitriles is 3. The molecule has 8 atom stereocenters. The van der Waals surface area contributed by atoms with E-state index in [-0.39, 0.29) is 50.0 Å². The first-order valence-corrected chi connectivity index (χ1v) is 15.8. The number of halogens is 5. The Balaban J connectivity index is 1.96. The highest BCUT2D eigenvalue weighted by Crippen LogP contribution is 2.59. The lowest BCUT2D eigenvalue weighted by atomic mass is 9.84. The Morgan fingerprint density at radius 2 is 1.47 bits per heavy atom. The van der Waals surface area contributed by atoms with Crippen molar-refractivity contribution in [1.29, 1.82) is 15.8 Å². The average Bonchev–Trinajstić information content (AvgIpc) is 3.93. The van der Waals surface area contributed by atoms with E-state index in [2.05, 4.69) is 56.2 Å². The lowest BCUT2D eigenvalue weighted by molar-refractivity contribution is 0.454. The summed E-state index contributed by atoms with van der Waals surface area (Å²) < 4.78 is 79.6. The Morgan fingerprint density at radius 3 is 2.00 bits per heavy atom. The Morgan fingerprint density at radius 1 is 0.872 bits per heavy atom. The quantitative estimate of drug-likeness (QED) is 0.137. The summed E-state index contributed by atoms with van der Waals surface area (Å²) in [5.41, 5.74) is -4.09. The van der Waals surface area contributed by atoms with Crippen LogP contribution in [0, 0.1) is 51.7 Å². The van der Waals surface area contributed by atoms with E-state index >= 15 is 22.0 Å². The Kier molecular flexibility index (Phi) is 9.14. The number of fused-ring (bicyclic) bond motifs is 1. The second kappa shape index (κ2) is 12.5. The minimum atomic E-state index is -1.31. The number of aliphatic imine (C=N–C) groups is 2. The molecule has 3 heterocycles. The smallest absolute Gasteiger partial charge is 0.160 e. The molecule has 5 aliphatic rings. The van der Waals surface area contributed by atoms with E-state index in [0.717, 1.165) is 0 Å². The topological polar surface area (TPSA) is 108 Å². The molecule has 2 saturated carbocycles. The summed E-state index contributed by atoms with van der Waals surface area (Å²) in [5, 5.41) is 33.9. The van der Waals surface area contributed by atoms with Gasteiger partial charge < -0.3 is 5.32 Å². The zero-order valence-electron chi connectivity index (χ0n) is 25.2. The molecular formula is C33H26F5N6P3. The normalized spacial score (nSPS) is 30.3. The van der Waals surface area contributed by atoms with E-state index in [9.17, 15) is 15.8 Å². The molecule has 5 rings (SSSR count). The van der Waals surface area contributed by atoms with Crippen molar-refractivity contribution in [3.05, 3.63) is 115 Å². The molecule has 2 aliphatic carbocycles. The van der Waals surface area contributed by atoms with Gasteiger partial charge in [-0.2, -0.15) is 15.8 Å². The number of allylic oxidation sites excluding steroid dienone is 13. The van der Waals surface area contributed by atoms with Crippen molar-refractivity contribution in [2.45, 2.75) is 32.9 Å². The van der Waals surface area contributed by atoms with Crippen LogP contribution in [-0.4, -0.2) is 23.2 Å². The molecule has 238 valence electrons. The Bertz CT molecular complexity index is 2070. The summed E-state index contributed by atoms with van der Waals surface area (Å²) in [5.74, 6) is -8.03. The van der Waals surface area contributed by atoms with Gasteiger partial charge in [0.1, 0.15) is 29.6 Å². The monoisotopic (exact) mass is 694 g/mol. The lowest BCUT2D eigenvalue weighted by Crippen LogP contribution is -2.29. The second-order valence-corrected chi connectivity index (χ2v) is 13.1. The van der Waals surface area contributed by atoms with E-state index in [1.807, 2.05) is 6.07 Å². The van der Waals surface area contributed by atoms with Crippen LogP contribution in [0.1, 0.15) is 20.8 Å². The SMILES string of the molecule is C=C[C@@H]1C2=C(F)C(/C(C#N)=C3\C(=C(C#N)C4=C(F)C(C)NC(P)=C4F)\C3=C(/C#N)C3C(F)=C(P)N=C(P)C3C)=C(F)C(C(=C)C)=NC21. The standard InChI is InChI=1S/C33H26F5N6P3/c1-6-13-23-25(35)22(26(36)29(10(2)3)43-30(13)23)16(9-41)20-18(14(7-39)17-11(4)31(45)44-33(47)27(17)37)19(20)15(8-40)21-24(34)12(5)42-32(46)28(21)38/h6,11-13,17,30,42H,1-2,45-47H2,3-5H3/b18-14-,19-15?,20-16-/t11?,12?,13-,17?,30?/m1/s1. The number of rotatable bonds is 5. The molecule has 14 heteroatoms. The van der Waals surface area contributed by atoms with E-state index in [4.69, 9.17) is 0 Å². The third-order valence-electron chi connectivity index (χ3n) is 8.53. The van der Waals surface area contributed by atoms with Gasteiger partial charge in [-0.05, 0) is 19.4 Å². The maximum atomic E-state index is 16.3. The first-order chi connectivity index (χ1) is 22.2. The summed E-state index contributed by atoms with van der Waals surface area (Å²) in [4.78, 5) is 8.42. The molecule has 0 spiro atoms. The van der Waals surface area contributed by atoms with Crippen molar-refractivity contribution >= 4 is 38.9 Å². The van der Waals surface area contributed by atoms with Crippen molar-refractivity contribution in [3.8, 4) is 18.2 Å². The van der Waals surface area contributed by atoms with Gasteiger partial charge in [-0.3, -0.25) is 9.98 Å². The molecule has 47 heavy (non-hydrogen) atoms. The van der Waals surface area contributed by atoms with Crippen LogP contribution in [-0.2, 0) is 0 Å². The number of nitrogens with one attached hydrogen (secondary N) is 1. The van der Waals surface area contributed by atoms with Gasteiger partial charge in [0.05, 0.1) is 63.0 Å². The maximum absolute atomic E-state index is 16.3. The highest BCUT2D eigenvalue weighted by molar-refractivity contribution is 7.41. The molecule has 3 aliphatic heterocycles. The van der Waals surface area contributed by atoms with Crippen molar-refractivity contribution in [2.24, 2.45) is 27.7 Å². The van der Waals surface area contributed by atoms with Gasteiger partial charge in [0.15, 0.2) is 11.7 Å². The van der Waals surface area contributed by atoms with E-state index in [1.165, 1.54) is 19.9 Å². The first kappa shape index (κ1) is 34.3. The zero-order valence-corrected chi connectivity index (χ0v) is 28.7. The summed E-state index contributed by atoms with van der Waals surface area (Å²) in [7, 11) is 6.55. The number of nitrogens with zero attached hydrogens (tertiary/aromatic N) is 5. The molecule has 1 N–H and O–H groups in total. The second-order valence-electron chi connectivity index (χ2n) is 11.4. The molecule has 0 aromatic heterocycles. The van der Waals surface area contributed by atoms with Crippen LogP contribution in [0.3, 0.4) is 0 Å². The molecule has 7 unspecified atom stereocenters. The van der Waals surface area contributed by atoms with Gasteiger partial charge in [0.25, 0.3) is 0 Å². The molecular weight excluding hydrogens is 668 g/mol. The van der Waals surface area contributed by atoms with Crippen molar-refractivity contribution < 1.29 is 22.0 Å². The van der Waals surface area contributed by atoms with Crippen LogP contribution in [0.4, 0.5) is 22.0 Å². The van der Waals surface area contributed by atoms with E-state index < -0.39 is 81.3 Å². The Labute approximate surface area is 275 Å². The number of dihydropyridines is 1. The minimum Gasteiger partial charge on any atom is -0.374 e. The minimum absolute atomic E-state index is 0.0569. The van der Waals surface area contributed by atoms with Crippen LogP contribution >= 0.6 is 27.7 Å². The number of hydrogen-bond acceptors (Lipinski definition) is 6. The fourth-order valence-electron chi connectivity index (χ4n) is 6.00. The molecule has 0 radical (unpaired) electrons. The highest BCUT2D eigenvalue weighted by atomic mass is 31.0. The van der Waals surface area contributed by atoms with Crippen LogP contribution in [0.25, 0.3) is 0 Å². The van der Waals surface area contributed by atoms with Crippen LogP contribution in [0.2, 0.25) is 0 Å². The molecule has 6 nitrogen and oxygen atoms in total. The van der Waals surface area contributed by atoms with Gasteiger partial charge >= 0.3 is 0 Å². The predicted molar refractivity (Wildman–Crippen MR) is 180 cm³/mol. The van der Waals surface area contributed by atoms with E-state index in [0.29, 0.717) is 5.45 Å². The summed E-state index contributed by atoms with van der Waals surface area (Å²) in [6, 6.07) is 3.64. The van der Waals surface area contributed by atoms with Crippen molar-refractivity contribution in [1.82, 2.24) is 5.32 Å². The molecule has 2 fully saturated rings. The predicted octanol–water partition coefficient (Wildman–Crippen LogP) is 7.91. The number of hydrogen-bond donors (Lipinski definition) is 1. The molecule has 0 saturated heterocycles.